The second-order valence-electron chi connectivity index (χ2n) is 5.99. The SMILES string of the molecule is Cc1ccc(C)c(N(CC(=O)N/N=C\c2c(F)cccc2Cl)S(C)(=O)=O)c1. The molecule has 0 aliphatic rings. The molecule has 1 N–H and O–H groups in total. The highest BCUT2D eigenvalue weighted by Crippen LogP contribution is 2.23. The Morgan fingerprint density at radius 3 is 2.63 bits per heavy atom. The number of hydrogen-bond donors (Lipinski definition) is 1. The minimum absolute atomic E-state index is 0.0222. The first kappa shape index (κ1) is 20.9. The van der Waals surface area contributed by atoms with E-state index in [-0.39, 0.29) is 10.6 Å². The highest BCUT2D eigenvalue weighted by molar-refractivity contribution is 7.92. The van der Waals surface area contributed by atoms with Crippen LogP contribution in [0.1, 0.15) is 16.7 Å². The highest BCUT2D eigenvalue weighted by atomic mass is 35.5. The van der Waals surface area contributed by atoms with Crippen molar-refractivity contribution in [3.63, 3.8) is 0 Å². The summed E-state index contributed by atoms with van der Waals surface area (Å²) in [6, 6.07) is 9.45. The number of hydrazone groups is 1. The van der Waals surface area contributed by atoms with Crippen LogP contribution in [0.3, 0.4) is 0 Å². The predicted molar refractivity (Wildman–Crippen MR) is 105 cm³/mol. The number of nitrogens with zero attached hydrogens (tertiary/aromatic N) is 2. The number of sulfonamides is 1. The van der Waals surface area contributed by atoms with Crippen molar-refractivity contribution >= 4 is 39.4 Å². The number of anilines is 1. The third kappa shape index (κ3) is 5.51. The van der Waals surface area contributed by atoms with Crippen molar-refractivity contribution in [2.24, 2.45) is 5.10 Å². The fourth-order valence-corrected chi connectivity index (χ4v) is 3.46. The number of amides is 1. The van der Waals surface area contributed by atoms with Gasteiger partial charge in [-0.2, -0.15) is 5.10 Å². The zero-order valence-corrected chi connectivity index (χ0v) is 16.6. The molecule has 0 aromatic heterocycles. The van der Waals surface area contributed by atoms with E-state index in [0.717, 1.165) is 22.3 Å². The number of carbonyl (C=O) groups is 1. The molecule has 6 nitrogen and oxygen atoms in total. The molecular weight excluding hydrogens is 393 g/mol. The summed E-state index contributed by atoms with van der Waals surface area (Å²) < 4.78 is 39.0. The van der Waals surface area contributed by atoms with Gasteiger partial charge in [0.05, 0.1) is 23.2 Å². The van der Waals surface area contributed by atoms with Crippen LogP contribution in [0, 0.1) is 19.7 Å². The minimum atomic E-state index is -3.70. The first-order chi connectivity index (χ1) is 12.6. The summed E-state index contributed by atoms with van der Waals surface area (Å²) >= 11 is 5.87. The summed E-state index contributed by atoms with van der Waals surface area (Å²) in [5, 5.41) is 3.80. The zero-order chi connectivity index (χ0) is 20.2. The first-order valence-corrected chi connectivity index (χ1v) is 10.1. The smallest absolute Gasteiger partial charge is 0.260 e. The Morgan fingerprint density at radius 1 is 1.30 bits per heavy atom. The molecule has 0 fully saturated rings. The maximum Gasteiger partial charge on any atom is 0.260 e. The minimum Gasteiger partial charge on any atom is -0.271 e. The number of halogens is 2. The highest BCUT2D eigenvalue weighted by Gasteiger charge is 2.22. The summed E-state index contributed by atoms with van der Waals surface area (Å²) in [5.74, 6) is -1.27. The third-order valence-corrected chi connectivity index (χ3v) is 5.16. The lowest BCUT2D eigenvalue weighted by Crippen LogP contribution is -2.39. The van der Waals surface area contributed by atoms with Gasteiger partial charge in [-0.1, -0.05) is 29.8 Å². The molecule has 1 amide bonds. The molecule has 0 saturated carbocycles. The molecule has 144 valence electrons. The maximum atomic E-state index is 13.7. The van der Waals surface area contributed by atoms with Crippen LogP contribution in [0.2, 0.25) is 5.02 Å². The number of rotatable bonds is 6. The monoisotopic (exact) mass is 411 g/mol. The van der Waals surface area contributed by atoms with Crippen molar-refractivity contribution in [3.8, 4) is 0 Å². The lowest BCUT2D eigenvalue weighted by molar-refractivity contribution is -0.119. The van der Waals surface area contributed by atoms with Crippen LogP contribution in [0.5, 0.6) is 0 Å². The average molecular weight is 412 g/mol. The van der Waals surface area contributed by atoms with E-state index in [4.69, 9.17) is 11.6 Å². The number of aryl methyl sites for hydroxylation is 2. The van der Waals surface area contributed by atoms with Crippen LogP contribution >= 0.6 is 11.6 Å². The summed E-state index contributed by atoms with van der Waals surface area (Å²) in [7, 11) is -3.70. The van der Waals surface area contributed by atoms with Gasteiger partial charge >= 0.3 is 0 Å². The second-order valence-corrected chi connectivity index (χ2v) is 8.30. The molecular formula is C18H19ClFN3O3S. The molecule has 27 heavy (non-hydrogen) atoms. The third-order valence-electron chi connectivity index (χ3n) is 3.70. The van der Waals surface area contributed by atoms with E-state index in [1.807, 2.05) is 13.0 Å². The number of hydrogen-bond acceptors (Lipinski definition) is 4. The van der Waals surface area contributed by atoms with Gasteiger partial charge in [-0.3, -0.25) is 9.10 Å². The predicted octanol–water partition coefficient (Wildman–Crippen LogP) is 3.01. The Bertz CT molecular complexity index is 973. The summed E-state index contributed by atoms with van der Waals surface area (Å²) in [6.07, 6.45) is 2.09. The Hall–Kier alpha value is -2.45. The lowest BCUT2D eigenvalue weighted by atomic mass is 10.1. The molecule has 0 atom stereocenters. The molecule has 0 aliphatic carbocycles. The van der Waals surface area contributed by atoms with Crippen molar-refractivity contribution in [3.05, 3.63) is 63.9 Å². The maximum absolute atomic E-state index is 13.7. The Kier molecular flexibility index (Phi) is 6.56. The Labute approximate surface area is 162 Å². The van der Waals surface area contributed by atoms with Crippen molar-refractivity contribution in [2.45, 2.75) is 13.8 Å². The molecule has 2 rings (SSSR count). The molecule has 0 bridgehead atoms. The van der Waals surface area contributed by atoms with E-state index < -0.39 is 28.3 Å². The lowest BCUT2D eigenvalue weighted by Gasteiger charge is -2.23. The van der Waals surface area contributed by atoms with Gasteiger partial charge < -0.3 is 0 Å². The topological polar surface area (TPSA) is 78.8 Å². The Balaban J connectivity index is 2.18. The number of benzene rings is 2. The summed E-state index contributed by atoms with van der Waals surface area (Å²) in [5.41, 5.74) is 4.19. The van der Waals surface area contributed by atoms with Gasteiger partial charge in [-0.05, 0) is 43.2 Å². The van der Waals surface area contributed by atoms with E-state index in [1.165, 1.54) is 18.2 Å². The molecule has 0 radical (unpaired) electrons. The zero-order valence-electron chi connectivity index (χ0n) is 15.0. The molecule has 0 saturated heterocycles. The van der Waals surface area contributed by atoms with Gasteiger partial charge in [0.2, 0.25) is 10.0 Å². The fourth-order valence-electron chi connectivity index (χ4n) is 2.34. The van der Waals surface area contributed by atoms with E-state index in [1.54, 1.807) is 19.1 Å². The average Bonchev–Trinajstić information content (AvgIpc) is 2.57. The number of carbonyl (C=O) groups excluding carboxylic acids is 1. The van der Waals surface area contributed by atoms with Crippen LogP contribution in [0.15, 0.2) is 41.5 Å². The van der Waals surface area contributed by atoms with Gasteiger partial charge in [0.25, 0.3) is 5.91 Å². The van der Waals surface area contributed by atoms with Crippen LogP contribution in [-0.2, 0) is 14.8 Å². The number of nitrogens with one attached hydrogen (secondary N) is 1. The Morgan fingerprint density at radius 2 is 2.00 bits per heavy atom. The van der Waals surface area contributed by atoms with Crippen molar-refractivity contribution < 1.29 is 17.6 Å². The normalized spacial score (nSPS) is 11.6. The fraction of sp³-hybridized carbons (Fsp3) is 0.222. The molecule has 0 unspecified atom stereocenters. The van der Waals surface area contributed by atoms with Crippen LogP contribution in [0.25, 0.3) is 0 Å². The van der Waals surface area contributed by atoms with Crippen LogP contribution in [-0.4, -0.2) is 33.3 Å². The van der Waals surface area contributed by atoms with Crippen LogP contribution in [0.4, 0.5) is 10.1 Å². The molecule has 2 aromatic carbocycles. The molecule has 0 aliphatic heterocycles. The molecule has 0 heterocycles. The molecule has 0 spiro atoms. The van der Waals surface area contributed by atoms with Gasteiger partial charge in [-0.25, -0.2) is 18.2 Å². The van der Waals surface area contributed by atoms with E-state index in [0.29, 0.717) is 11.3 Å². The summed E-state index contributed by atoms with van der Waals surface area (Å²) in [4.78, 5) is 12.2. The molecule has 2 aromatic rings. The van der Waals surface area contributed by atoms with E-state index in [9.17, 15) is 17.6 Å². The first-order valence-electron chi connectivity index (χ1n) is 7.90. The van der Waals surface area contributed by atoms with Gasteiger partial charge in [-0.15, -0.1) is 0 Å². The molecule has 9 heteroatoms. The van der Waals surface area contributed by atoms with E-state index in [2.05, 4.69) is 10.5 Å². The summed E-state index contributed by atoms with van der Waals surface area (Å²) in [6.45, 7) is 3.11. The van der Waals surface area contributed by atoms with Crippen molar-refractivity contribution in [1.29, 1.82) is 0 Å². The standard InChI is InChI=1S/C18H19ClFN3O3S/c1-12-7-8-13(2)17(9-12)23(27(3,25)26)11-18(24)22-21-10-14-15(19)5-4-6-16(14)20/h4-10H,11H2,1-3H3,(H,22,24)/b21-10-. The van der Waals surface area contributed by atoms with E-state index >= 15 is 0 Å². The van der Waals surface area contributed by atoms with Gasteiger partial charge in [0, 0.05) is 5.56 Å². The van der Waals surface area contributed by atoms with Crippen molar-refractivity contribution in [2.75, 3.05) is 17.1 Å². The van der Waals surface area contributed by atoms with Gasteiger partial charge in [0.1, 0.15) is 12.4 Å². The largest absolute Gasteiger partial charge is 0.271 e. The van der Waals surface area contributed by atoms with Crippen molar-refractivity contribution in [1.82, 2.24) is 5.43 Å². The van der Waals surface area contributed by atoms with Gasteiger partial charge in [0.15, 0.2) is 0 Å². The van der Waals surface area contributed by atoms with Crippen LogP contribution < -0.4 is 9.73 Å². The quantitative estimate of drug-likeness (QED) is 0.586. The second kappa shape index (κ2) is 8.49.